The number of carbonyl (C=O) groups excluding carboxylic acids is 1. The van der Waals surface area contributed by atoms with Gasteiger partial charge in [-0.2, -0.15) is 0 Å². The van der Waals surface area contributed by atoms with Gasteiger partial charge in [-0.1, -0.05) is 12.1 Å². The van der Waals surface area contributed by atoms with Crippen LogP contribution < -0.4 is 21.5 Å². The maximum atomic E-state index is 13.0. The number of primary amides is 1. The van der Waals surface area contributed by atoms with Crippen molar-refractivity contribution in [1.29, 1.82) is 0 Å². The van der Waals surface area contributed by atoms with Crippen LogP contribution in [0.5, 0.6) is 5.75 Å². The fraction of sp³-hybridized carbons (Fsp3) is 0.174. The predicted octanol–water partition coefficient (Wildman–Crippen LogP) is 3.03. The standard InChI is InChI=1S/C23H20N4O5/c1-11(2)27-22-19(23(30)26-27)18(12-3-6-14(7-4-12)31-10-17(24)29)21-20(25-22)15-8-5-13(28)9-16(15)32-21/h3-9,11,25H,10H2,1-2H3,(H2,24,29)(H,26,30). The van der Waals surface area contributed by atoms with E-state index in [0.717, 1.165) is 5.39 Å². The number of H-pyrrole nitrogens is 2. The summed E-state index contributed by atoms with van der Waals surface area (Å²) < 4.78 is 13.2. The van der Waals surface area contributed by atoms with Gasteiger partial charge in [-0.15, -0.1) is 0 Å². The fourth-order valence-corrected chi connectivity index (χ4v) is 3.95. The molecule has 2 aromatic carbocycles. The van der Waals surface area contributed by atoms with Gasteiger partial charge >= 0.3 is 0 Å². The van der Waals surface area contributed by atoms with E-state index in [2.05, 4.69) is 10.1 Å². The van der Waals surface area contributed by atoms with E-state index in [1.54, 1.807) is 35.0 Å². The molecule has 0 unspecified atom stereocenters. The minimum absolute atomic E-state index is 0.00210. The van der Waals surface area contributed by atoms with Crippen molar-refractivity contribution in [3.8, 4) is 16.9 Å². The molecule has 4 N–H and O–H groups in total. The Balaban J connectivity index is 1.84. The van der Waals surface area contributed by atoms with Crippen LogP contribution in [0.2, 0.25) is 0 Å². The molecule has 9 heteroatoms. The van der Waals surface area contributed by atoms with E-state index in [1.165, 1.54) is 12.1 Å². The number of hydrogen-bond acceptors (Lipinski definition) is 5. The monoisotopic (exact) mass is 432 g/mol. The Morgan fingerprint density at radius 2 is 1.91 bits per heavy atom. The number of fused-ring (bicyclic) bond motifs is 4. The molecule has 162 valence electrons. The molecule has 0 spiro atoms. The SMILES string of the molecule is CC(C)n1[nH]c(=O)c2c(-c3ccc(OCC(N)=O)cc3)c3oc4cc(=O)ccc4c3[nH]c21. The van der Waals surface area contributed by atoms with Gasteiger partial charge in [-0.3, -0.25) is 24.2 Å². The number of nitrogens with zero attached hydrogens (tertiary/aromatic N) is 1. The Morgan fingerprint density at radius 1 is 1.16 bits per heavy atom. The topological polar surface area (TPSA) is 136 Å². The third-order valence-electron chi connectivity index (χ3n) is 5.35. The largest absolute Gasteiger partial charge is 0.484 e. The second-order valence-corrected chi connectivity index (χ2v) is 7.87. The molecule has 0 atom stereocenters. The van der Waals surface area contributed by atoms with Crippen LogP contribution in [0.4, 0.5) is 0 Å². The zero-order chi connectivity index (χ0) is 22.6. The Labute approximate surface area is 180 Å². The Bertz CT molecular complexity index is 1620. The second kappa shape index (κ2) is 7.16. The van der Waals surface area contributed by atoms with Gasteiger partial charge in [0.15, 0.2) is 17.6 Å². The van der Waals surface area contributed by atoms with Crippen LogP contribution in [0.3, 0.4) is 0 Å². The van der Waals surface area contributed by atoms with Crippen molar-refractivity contribution >= 4 is 39.0 Å². The molecule has 0 bridgehead atoms. The highest BCUT2D eigenvalue weighted by molar-refractivity contribution is 6.14. The summed E-state index contributed by atoms with van der Waals surface area (Å²) >= 11 is 0. The van der Waals surface area contributed by atoms with Gasteiger partial charge in [0.25, 0.3) is 11.5 Å². The molecule has 0 saturated carbocycles. The summed E-state index contributed by atoms with van der Waals surface area (Å²) in [5, 5.41) is 4.08. The van der Waals surface area contributed by atoms with Crippen LogP contribution in [0, 0.1) is 0 Å². The molecule has 5 aromatic rings. The van der Waals surface area contributed by atoms with E-state index in [1.807, 2.05) is 13.8 Å². The van der Waals surface area contributed by atoms with E-state index in [4.69, 9.17) is 14.9 Å². The zero-order valence-corrected chi connectivity index (χ0v) is 17.4. The Morgan fingerprint density at radius 3 is 2.59 bits per heavy atom. The van der Waals surface area contributed by atoms with E-state index in [9.17, 15) is 14.4 Å². The van der Waals surface area contributed by atoms with E-state index in [0.29, 0.717) is 44.6 Å². The maximum Gasteiger partial charge on any atom is 0.274 e. The molecule has 0 radical (unpaired) electrons. The first kappa shape index (κ1) is 19.7. The first-order chi connectivity index (χ1) is 15.3. The highest BCUT2D eigenvalue weighted by atomic mass is 16.5. The quantitative estimate of drug-likeness (QED) is 0.392. The normalized spacial score (nSPS) is 11.7. The molecule has 0 aliphatic rings. The van der Waals surface area contributed by atoms with Gasteiger partial charge < -0.3 is 19.9 Å². The predicted molar refractivity (Wildman–Crippen MR) is 121 cm³/mol. The number of aromatic amines is 2. The average Bonchev–Trinajstić information content (AvgIpc) is 3.28. The first-order valence-corrected chi connectivity index (χ1v) is 10.1. The highest BCUT2D eigenvalue weighted by Gasteiger charge is 2.22. The van der Waals surface area contributed by atoms with Gasteiger partial charge in [0, 0.05) is 23.1 Å². The summed E-state index contributed by atoms with van der Waals surface area (Å²) in [5.74, 6) is -0.102. The van der Waals surface area contributed by atoms with Crippen molar-refractivity contribution in [3.05, 3.63) is 63.0 Å². The molecule has 1 amide bonds. The number of amides is 1. The molecular formula is C23H20N4O5. The number of aromatic nitrogens is 3. The molecule has 0 saturated heterocycles. The van der Waals surface area contributed by atoms with Gasteiger partial charge in [0.1, 0.15) is 17.0 Å². The van der Waals surface area contributed by atoms with Crippen molar-refractivity contribution in [2.45, 2.75) is 19.9 Å². The zero-order valence-electron chi connectivity index (χ0n) is 17.4. The lowest BCUT2D eigenvalue weighted by Crippen LogP contribution is -2.19. The molecule has 0 fully saturated rings. The van der Waals surface area contributed by atoms with Crippen LogP contribution in [0.25, 0.3) is 44.2 Å². The van der Waals surface area contributed by atoms with Crippen LogP contribution in [-0.4, -0.2) is 27.3 Å². The molecule has 5 rings (SSSR count). The first-order valence-electron chi connectivity index (χ1n) is 10.1. The van der Waals surface area contributed by atoms with Crippen LogP contribution in [0.1, 0.15) is 19.9 Å². The minimum Gasteiger partial charge on any atom is -0.484 e. The van der Waals surface area contributed by atoms with Gasteiger partial charge in [0.2, 0.25) is 0 Å². The highest BCUT2D eigenvalue weighted by Crippen LogP contribution is 2.38. The van der Waals surface area contributed by atoms with Crippen molar-refractivity contribution in [2.24, 2.45) is 5.73 Å². The lowest BCUT2D eigenvalue weighted by atomic mass is 10.0. The number of carbonyl (C=O) groups is 1. The third kappa shape index (κ3) is 3.06. The summed E-state index contributed by atoms with van der Waals surface area (Å²) in [7, 11) is 0. The van der Waals surface area contributed by atoms with E-state index >= 15 is 0 Å². The number of nitrogens with two attached hydrogens (primary N) is 1. The third-order valence-corrected chi connectivity index (χ3v) is 5.35. The van der Waals surface area contributed by atoms with E-state index < -0.39 is 5.91 Å². The fourth-order valence-electron chi connectivity index (χ4n) is 3.95. The molecule has 9 nitrogen and oxygen atoms in total. The van der Waals surface area contributed by atoms with Crippen molar-refractivity contribution in [1.82, 2.24) is 14.8 Å². The average molecular weight is 432 g/mol. The number of rotatable bonds is 5. The number of pyridine rings is 1. The number of furan rings is 1. The van der Waals surface area contributed by atoms with Crippen LogP contribution >= 0.6 is 0 Å². The molecule has 0 aliphatic carbocycles. The summed E-state index contributed by atoms with van der Waals surface area (Å²) in [6, 6.07) is 11.6. The molecular weight excluding hydrogens is 412 g/mol. The number of benzene rings is 2. The lowest BCUT2D eigenvalue weighted by Gasteiger charge is -2.10. The number of ether oxygens (including phenoxy) is 1. The Hall–Kier alpha value is -4.27. The summed E-state index contributed by atoms with van der Waals surface area (Å²) in [6.07, 6.45) is 0. The van der Waals surface area contributed by atoms with Crippen molar-refractivity contribution in [3.63, 3.8) is 0 Å². The van der Waals surface area contributed by atoms with Gasteiger partial charge in [-0.05, 0) is 43.7 Å². The van der Waals surface area contributed by atoms with Crippen molar-refractivity contribution < 1.29 is 13.9 Å². The molecule has 32 heavy (non-hydrogen) atoms. The summed E-state index contributed by atoms with van der Waals surface area (Å²) in [6.45, 7) is 3.70. The van der Waals surface area contributed by atoms with Crippen LogP contribution in [0.15, 0.2) is 56.5 Å². The lowest BCUT2D eigenvalue weighted by molar-refractivity contribution is -0.119. The molecule has 3 aromatic heterocycles. The maximum absolute atomic E-state index is 13.0. The smallest absolute Gasteiger partial charge is 0.274 e. The van der Waals surface area contributed by atoms with Gasteiger partial charge in [0.05, 0.1) is 10.9 Å². The van der Waals surface area contributed by atoms with E-state index in [-0.39, 0.29) is 23.6 Å². The number of hydrogen-bond donors (Lipinski definition) is 3. The van der Waals surface area contributed by atoms with Gasteiger partial charge in [-0.25, -0.2) is 0 Å². The summed E-state index contributed by atoms with van der Waals surface area (Å²) in [4.78, 5) is 39.2. The molecule has 3 heterocycles. The minimum atomic E-state index is -0.572. The summed E-state index contributed by atoms with van der Waals surface area (Å²) in [5.41, 5.74) is 8.23. The number of nitrogens with one attached hydrogen (secondary N) is 2. The van der Waals surface area contributed by atoms with Crippen LogP contribution in [-0.2, 0) is 4.79 Å². The second-order valence-electron chi connectivity index (χ2n) is 7.87. The van der Waals surface area contributed by atoms with Crippen molar-refractivity contribution in [2.75, 3.05) is 6.61 Å². The molecule has 0 aliphatic heterocycles. The Kier molecular flexibility index (Phi) is 4.40.